The van der Waals surface area contributed by atoms with Crippen LogP contribution < -0.4 is 10.1 Å². The van der Waals surface area contributed by atoms with Gasteiger partial charge < -0.3 is 15.0 Å². The zero-order valence-corrected chi connectivity index (χ0v) is 16.9. The van der Waals surface area contributed by atoms with E-state index in [0.717, 1.165) is 18.5 Å². The van der Waals surface area contributed by atoms with Gasteiger partial charge in [0.1, 0.15) is 11.6 Å². The maximum atomic E-state index is 13.2. The second-order valence-corrected chi connectivity index (χ2v) is 7.24. The number of nitrogens with zero attached hydrogens (tertiary/aromatic N) is 5. The molecule has 8 nitrogen and oxygen atoms in total. The highest BCUT2D eigenvalue weighted by Crippen LogP contribution is 2.27. The number of hydrogen-bond donors (Lipinski definition) is 1. The summed E-state index contributed by atoms with van der Waals surface area (Å²) in [6.45, 7) is 1.54. The fourth-order valence-corrected chi connectivity index (χ4v) is 3.51. The van der Waals surface area contributed by atoms with Crippen LogP contribution in [0.25, 0.3) is 0 Å². The largest absolute Gasteiger partial charge is 0.493 e. The van der Waals surface area contributed by atoms with Crippen molar-refractivity contribution in [3.8, 4) is 5.75 Å². The number of carbonyl (C=O) groups is 1. The average molecular weight is 422 g/mol. The van der Waals surface area contributed by atoms with Crippen molar-refractivity contribution in [3.05, 3.63) is 66.6 Å². The monoisotopic (exact) mass is 422 g/mol. The van der Waals surface area contributed by atoms with Gasteiger partial charge in [-0.15, -0.1) is 0 Å². The molecule has 1 N–H and O–H groups in total. The second kappa shape index (κ2) is 9.92. The molecule has 0 spiro atoms. The number of ether oxygens (including phenoxy) is 1. The molecule has 0 atom stereocenters. The lowest BCUT2D eigenvalue weighted by Gasteiger charge is -2.31. The fourth-order valence-electron chi connectivity index (χ4n) is 3.51. The summed E-state index contributed by atoms with van der Waals surface area (Å²) in [5, 5.41) is 3.05. The molecule has 1 aromatic carbocycles. The Kier molecular flexibility index (Phi) is 6.61. The zero-order chi connectivity index (χ0) is 21.5. The first-order valence-corrected chi connectivity index (χ1v) is 10.2. The Morgan fingerprint density at radius 2 is 1.97 bits per heavy atom. The number of carbonyl (C=O) groups excluding carboxylic acids is 1. The van der Waals surface area contributed by atoms with Gasteiger partial charge in [-0.3, -0.25) is 9.78 Å². The Balaban J connectivity index is 1.25. The molecule has 1 fully saturated rings. The first-order chi connectivity index (χ1) is 15.2. The Morgan fingerprint density at radius 1 is 1.16 bits per heavy atom. The van der Waals surface area contributed by atoms with Crippen LogP contribution in [-0.2, 0) is 4.79 Å². The van der Waals surface area contributed by atoms with E-state index in [-0.39, 0.29) is 30.7 Å². The number of aromatic nitrogens is 4. The molecule has 1 amide bonds. The number of amides is 1. The molecule has 0 aliphatic carbocycles. The molecule has 0 bridgehead atoms. The van der Waals surface area contributed by atoms with E-state index in [4.69, 9.17) is 4.74 Å². The summed E-state index contributed by atoms with van der Waals surface area (Å²) in [5.41, 5.74) is 0.891. The van der Waals surface area contributed by atoms with Gasteiger partial charge in [0.2, 0.25) is 11.9 Å². The average Bonchev–Trinajstić information content (AvgIpc) is 2.80. The third kappa shape index (κ3) is 5.71. The van der Waals surface area contributed by atoms with Crippen molar-refractivity contribution in [2.24, 2.45) is 0 Å². The van der Waals surface area contributed by atoms with Gasteiger partial charge in [-0.25, -0.2) is 19.3 Å². The topological polar surface area (TPSA) is 93.1 Å². The van der Waals surface area contributed by atoms with E-state index >= 15 is 0 Å². The lowest BCUT2D eigenvalue weighted by Crippen LogP contribution is -2.38. The highest BCUT2D eigenvalue weighted by Gasteiger charge is 2.25. The van der Waals surface area contributed by atoms with Crippen LogP contribution in [0, 0.1) is 5.82 Å². The predicted molar refractivity (Wildman–Crippen MR) is 112 cm³/mol. The number of hydrogen-bond acceptors (Lipinski definition) is 7. The smallest absolute Gasteiger partial charge is 0.228 e. The van der Waals surface area contributed by atoms with Crippen LogP contribution in [0.3, 0.4) is 0 Å². The van der Waals surface area contributed by atoms with Crippen molar-refractivity contribution in [3.63, 3.8) is 0 Å². The summed E-state index contributed by atoms with van der Waals surface area (Å²) in [6.07, 6.45) is 8.61. The van der Waals surface area contributed by atoms with Gasteiger partial charge in [0.25, 0.3) is 0 Å². The number of benzene rings is 1. The van der Waals surface area contributed by atoms with E-state index in [2.05, 4.69) is 25.3 Å². The van der Waals surface area contributed by atoms with Crippen LogP contribution in [0.1, 0.15) is 30.9 Å². The van der Waals surface area contributed by atoms with Crippen LogP contribution in [-0.4, -0.2) is 50.4 Å². The summed E-state index contributed by atoms with van der Waals surface area (Å²) in [7, 11) is 0. The molecule has 3 aromatic rings. The number of halogens is 1. The Bertz CT molecular complexity index is 1010. The Labute approximate surface area is 179 Å². The van der Waals surface area contributed by atoms with Crippen molar-refractivity contribution in [1.29, 1.82) is 0 Å². The van der Waals surface area contributed by atoms with Crippen molar-refractivity contribution in [2.75, 3.05) is 25.0 Å². The standard InChI is InChI=1S/C22H23FN6O2/c23-17-3-1-4-18(13-17)31-12-7-21(30)29-10-5-16(6-11-29)19-14-24-15-20(27-19)28-22-25-8-2-9-26-22/h1-4,8-9,13-16H,5-7,10-12H2,(H,25,26,27,28). The van der Waals surface area contributed by atoms with Gasteiger partial charge in [-0.1, -0.05) is 6.07 Å². The van der Waals surface area contributed by atoms with Crippen LogP contribution >= 0.6 is 0 Å². The fraction of sp³-hybridized carbons (Fsp3) is 0.318. The third-order valence-electron chi connectivity index (χ3n) is 5.11. The molecular formula is C22H23FN6O2. The highest BCUT2D eigenvalue weighted by molar-refractivity contribution is 5.76. The molecule has 1 saturated heterocycles. The second-order valence-electron chi connectivity index (χ2n) is 7.24. The summed E-state index contributed by atoms with van der Waals surface area (Å²) >= 11 is 0. The van der Waals surface area contributed by atoms with E-state index in [1.165, 1.54) is 12.1 Å². The molecule has 0 unspecified atom stereocenters. The molecular weight excluding hydrogens is 399 g/mol. The maximum Gasteiger partial charge on any atom is 0.228 e. The molecule has 1 aliphatic rings. The molecule has 4 rings (SSSR count). The molecule has 31 heavy (non-hydrogen) atoms. The van der Waals surface area contributed by atoms with Gasteiger partial charge in [-0.2, -0.15) is 0 Å². The van der Waals surface area contributed by atoms with E-state index in [9.17, 15) is 9.18 Å². The molecule has 0 saturated carbocycles. The van der Waals surface area contributed by atoms with Crippen LogP contribution in [0.15, 0.2) is 55.1 Å². The maximum absolute atomic E-state index is 13.2. The molecule has 1 aliphatic heterocycles. The van der Waals surface area contributed by atoms with Crippen molar-refractivity contribution in [1.82, 2.24) is 24.8 Å². The van der Waals surface area contributed by atoms with Gasteiger partial charge in [0.05, 0.1) is 24.9 Å². The van der Waals surface area contributed by atoms with E-state index in [0.29, 0.717) is 30.6 Å². The van der Waals surface area contributed by atoms with Crippen LogP contribution in [0.2, 0.25) is 0 Å². The summed E-state index contributed by atoms with van der Waals surface area (Å²) in [4.78, 5) is 31.5. The summed E-state index contributed by atoms with van der Waals surface area (Å²) < 4.78 is 18.7. The lowest BCUT2D eigenvalue weighted by molar-refractivity contribution is -0.132. The lowest BCUT2D eigenvalue weighted by atomic mass is 9.93. The first-order valence-electron chi connectivity index (χ1n) is 10.2. The van der Waals surface area contributed by atoms with E-state index < -0.39 is 0 Å². The van der Waals surface area contributed by atoms with Gasteiger partial charge in [0, 0.05) is 43.7 Å². The molecule has 160 valence electrons. The van der Waals surface area contributed by atoms with Gasteiger partial charge >= 0.3 is 0 Å². The third-order valence-corrected chi connectivity index (χ3v) is 5.11. The minimum Gasteiger partial charge on any atom is -0.493 e. The number of likely N-dealkylation sites (tertiary alicyclic amines) is 1. The predicted octanol–water partition coefficient (Wildman–Crippen LogP) is 3.32. The normalized spacial score (nSPS) is 14.3. The molecule has 9 heteroatoms. The SMILES string of the molecule is O=C(CCOc1cccc(F)c1)N1CCC(c2cncc(Nc3ncccn3)n2)CC1. The number of anilines is 2. The van der Waals surface area contributed by atoms with Crippen molar-refractivity contribution in [2.45, 2.75) is 25.2 Å². The molecule has 0 radical (unpaired) electrons. The van der Waals surface area contributed by atoms with E-state index in [1.807, 2.05) is 4.90 Å². The molecule has 2 aromatic heterocycles. The summed E-state index contributed by atoms with van der Waals surface area (Å²) in [6, 6.07) is 7.66. The number of rotatable bonds is 7. The summed E-state index contributed by atoms with van der Waals surface area (Å²) in [5.74, 6) is 1.41. The van der Waals surface area contributed by atoms with Crippen LogP contribution in [0.5, 0.6) is 5.75 Å². The van der Waals surface area contributed by atoms with E-state index in [1.54, 1.807) is 43.0 Å². The minimum absolute atomic E-state index is 0.0394. The van der Waals surface area contributed by atoms with Crippen LogP contribution in [0.4, 0.5) is 16.2 Å². The molecule has 3 heterocycles. The number of nitrogens with one attached hydrogen (secondary N) is 1. The van der Waals surface area contributed by atoms with Crippen molar-refractivity contribution < 1.29 is 13.9 Å². The van der Waals surface area contributed by atoms with Gasteiger partial charge in [-0.05, 0) is 31.0 Å². The Morgan fingerprint density at radius 3 is 2.74 bits per heavy atom. The Hall–Kier alpha value is -3.62. The first kappa shape index (κ1) is 20.6. The quantitative estimate of drug-likeness (QED) is 0.624. The highest BCUT2D eigenvalue weighted by atomic mass is 19.1. The zero-order valence-electron chi connectivity index (χ0n) is 16.9. The minimum atomic E-state index is -0.357. The van der Waals surface area contributed by atoms with Crippen molar-refractivity contribution >= 4 is 17.7 Å². The van der Waals surface area contributed by atoms with Gasteiger partial charge in [0.15, 0.2) is 5.82 Å². The number of piperidine rings is 1.